The quantitative estimate of drug-likeness (QED) is 0.786. The van der Waals surface area contributed by atoms with Crippen LogP contribution in [-0.4, -0.2) is 48.0 Å². The molecule has 0 spiro atoms. The molecular formula is C15H17F3N2O2. The summed E-state index contributed by atoms with van der Waals surface area (Å²) < 4.78 is 44.7. The summed E-state index contributed by atoms with van der Waals surface area (Å²) in [5, 5.41) is 0. The topological polar surface area (TPSA) is 42.4 Å². The van der Waals surface area contributed by atoms with Crippen molar-refractivity contribution in [1.82, 2.24) is 9.88 Å². The summed E-state index contributed by atoms with van der Waals surface area (Å²) in [4.78, 5) is 18.5. The van der Waals surface area contributed by atoms with Gasteiger partial charge >= 0.3 is 6.18 Å². The number of ether oxygens (including phenoxy) is 1. The normalized spacial score (nSPS) is 29.4. The van der Waals surface area contributed by atoms with Crippen LogP contribution in [0, 0.1) is 5.92 Å². The number of ketones is 1. The van der Waals surface area contributed by atoms with Crippen molar-refractivity contribution in [2.75, 3.05) is 20.3 Å². The Morgan fingerprint density at radius 2 is 1.95 bits per heavy atom. The molecule has 2 atom stereocenters. The number of aromatic nitrogens is 1. The summed E-state index contributed by atoms with van der Waals surface area (Å²) in [7, 11) is 1.98. The maximum Gasteiger partial charge on any atom is 0.417 e. The van der Waals surface area contributed by atoms with Gasteiger partial charge in [0.05, 0.1) is 18.8 Å². The standard InChI is InChI=1S/C15H17F3N2O2/c1-20-10-4-9(5-11(20)8-22-7-10)14(21)12-6-19-3-2-13(12)15(16,17)18/h2-3,6,9-11H,4-5,7-8H2,1H3. The molecule has 4 nitrogen and oxygen atoms in total. The molecular weight excluding hydrogens is 297 g/mol. The Morgan fingerprint density at radius 3 is 2.55 bits per heavy atom. The number of piperidine rings is 1. The Hall–Kier alpha value is -1.47. The van der Waals surface area contributed by atoms with Gasteiger partial charge in [0.25, 0.3) is 0 Å². The zero-order chi connectivity index (χ0) is 15.9. The van der Waals surface area contributed by atoms with E-state index in [0.29, 0.717) is 26.1 Å². The van der Waals surface area contributed by atoms with Crippen molar-refractivity contribution in [3.63, 3.8) is 0 Å². The van der Waals surface area contributed by atoms with Crippen LogP contribution >= 0.6 is 0 Å². The van der Waals surface area contributed by atoms with E-state index in [1.165, 1.54) is 0 Å². The van der Waals surface area contributed by atoms with Crippen LogP contribution in [0.5, 0.6) is 0 Å². The maximum atomic E-state index is 13.1. The SMILES string of the molecule is CN1C2COCC1CC(C(=O)c1cnccc1C(F)(F)F)C2. The van der Waals surface area contributed by atoms with E-state index >= 15 is 0 Å². The molecule has 2 unspecified atom stereocenters. The highest BCUT2D eigenvalue weighted by Crippen LogP contribution is 2.36. The molecule has 3 heterocycles. The third-order valence-corrected chi connectivity index (χ3v) is 4.65. The number of pyridine rings is 1. The summed E-state index contributed by atoms with van der Waals surface area (Å²) in [5.74, 6) is -0.856. The summed E-state index contributed by atoms with van der Waals surface area (Å²) in [6, 6.07) is 1.05. The van der Waals surface area contributed by atoms with E-state index in [4.69, 9.17) is 4.74 Å². The second-order valence-electron chi connectivity index (χ2n) is 5.96. The number of nitrogens with zero attached hydrogens (tertiary/aromatic N) is 2. The Bertz CT molecular complexity index is 562. The van der Waals surface area contributed by atoms with Gasteiger partial charge in [-0.1, -0.05) is 0 Å². The highest BCUT2D eigenvalue weighted by molar-refractivity contribution is 5.99. The summed E-state index contributed by atoms with van der Waals surface area (Å²) in [6.07, 6.45) is -1.39. The smallest absolute Gasteiger partial charge is 0.378 e. The number of halogens is 3. The van der Waals surface area contributed by atoms with Crippen LogP contribution in [-0.2, 0) is 10.9 Å². The molecule has 0 radical (unpaired) electrons. The van der Waals surface area contributed by atoms with Crippen LogP contribution in [0.3, 0.4) is 0 Å². The lowest BCUT2D eigenvalue weighted by Crippen LogP contribution is -2.55. The zero-order valence-corrected chi connectivity index (χ0v) is 12.1. The number of hydrogen-bond acceptors (Lipinski definition) is 4. The third-order valence-electron chi connectivity index (χ3n) is 4.65. The first-order chi connectivity index (χ1) is 10.4. The Morgan fingerprint density at radius 1 is 1.32 bits per heavy atom. The van der Waals surface area contributed by atoms with Gasteiger partial charge in [-0.05, 0) is 26.0 Å². The second-order valence-corrected chi connectivity index (χ2v) is 5.96. The molecule has 22 heavy (non-hydrogen) atoms. The Labute approximate surface area is 126 Å². The first-order valence-corrected chi connectivity index (χ1v) is 7.23. The molecule has 0 N–H and O–H groups in total. The van der Waals surface area contributed by atoms with Gasteiger partial charge in [0.15, 0.2) is 5.78 Å². The second kappa shape index (κ2) is 5.62. The number of fused-ring (bicyclic) bond motifs is 2. The highest BCUT2D eigenvalue weighted by atomic mass is 19.4. The number of carbonyl (C=O) groups is 1. The number of alkyl halides is 3. The number of rotatable bonds is 2. The summed E-state index contributed by atoms with van der Waals surface area (Å²) in [5.41, 5.74) is -1.21. The average molecular weight is 314 g/mol. The van der Waals surface area contributed by atoms with Crippen molar-refractivity contribution < 1.29 is 22.7 Å². The maximum absolute atomic E-state index is 13.1. The molecule has 2 bridgehead atoms. The van der Waals surface area contributed by atoms with Gasteiger partial charge in [-0.2, -0.15) is 13.2 Å². The molecule has 2 saturated heterocycles. The third kappa shape index (κ3) is 2.75. The molecule has 0 aromatic carbocycles. The molecule has 0 saturated carbocycles. The minimum absolute atomic E-state index is 0.0902. The van der Waals surface area contributed by atoms with E-state index in [1.54, 1.807) is 0 Å². The molecule has 2 aliphatic heterocycles. The van der Waals surface area contributed by atoms with Gasteiger partial charge in [-0.15, -0.1) is 0 Å². The van der Waals surface area contributed by atoms with E-state index in [9.17, 15) is 18.0 Å². The molecule has 2 aliphatic rings. The van der Waals surface area contributed by atoms with Crippen molar-refractivity contribution in [2.24, 2.45) is 5.92 Å². The minimum Gasteiger partial charge on any atom is -0.378 e. The van der Waals surface area contributed by atoms with Crippen molar-refractivity contribution in [1.29, 1.82) is 0 Å². The van der Waals surface area contributed by atoms with Crippen LogP contribution < -0.4 is 0 Å². The fraction of sp³-hybridized carbons (Fsp3) is 0.600. The minimum atomic E-state index is -4.54. The van der Waals surface area contributed by atoms with E-state index in [-0.39, 0.29) is 17.6 Å². The fourth-order valence-corrected chi connectivity index (χ4v) is 3.37. The van der Waals surface area contributed by atoms with E-state index in [0.717, 1.165) is 18.5 Å². The van der Waals surface area contributed by atoms with Gasteiger partial charge in [-0.3, -0.25) is 14.7 Å². The average Bonchev–Trinajstić information content (AvgIpc) is 2.45. The predicted molar refractivity (Wildman–Crippen MR) is 72.5 cm³/mol. The lowest BCUT2D eigenvalue weighted by atomic mass is 9.80. The van der Waals surface area contributed by atoms with Gasteiger partial charge in [0, 0.05) is 36.0 Å². The lowest BCUT2D eigenvalue weighted by Gasteiger charge is -2.46. The van der Waals surface area contributed by atoms with Crippen molar-refractivity contribution in [3.05, 3.63) is 29.6 Å². The number of carbonyl (C=O) groups excluding carboxylic acids is 1. The van der Waals surface area contributed by atoms with Gasteiger partial charge in [-0.25, -0.2) is 0 Å². The van der Waals surface area contributed by atoms with Crippen LogP contribution in [0.1, 0.15) is 28.8 Å². The van der Waals surface area contributed by atoms with Crippen molar-refractivity contribution >= 4 is 5.78 Å². The van der Waals surface area contributed by atoms with E-state index in [1.807, 2.05) is 7.05 Å². The van der Waals surface area contributed by atoms with Gasteiger partial charge < -0.3 is 4.74 Å². The molecule has 0 aliphatic carbocycles. The van der Waals surface area contributed by atoms with E-state index < -0.39 is 23.4 Å². The monoisotopic (exact) mass is 314 g/mol. The molecule has 2 fully saturated rings. The Kier molecular flexibility index (Phi) is 3.94. The number of Topliss-reactive ketones (excluding diaryl/α,β-unsaturated/α-hetero) is 1. The van der Waals surface area contributed by atoms with Crippen LogP contribution in [0.25, 0.3) is 0 Å². The number of hydrogen-bond donors (Lipinski definition) is 0. The molecule has 1 aromatic rings. The number of morpholine rings is 1. The van der Waals surface area contributed by atoms with Gasteiger partial charge in [0.1, 0.15) is 0 Å². The molecule has 120 valence electrons. The summed E-state index contributed by atoms with van der Waals surface area (Å²) >= 11 is 0. The zero-order valence-electron chi connectivity index (χ0n) is 12.1. The summed E-state index contributed by atoms with van der Waals surface area (Å²) in [6.45, 7) is 1.05. The lowest BCUT2D eigenvalue weighted by molar-refractivity contribution is -0.138. The predicted octanol–water partition coefficient (Wildman–Crippen LogP) is 2.39. The first kappa shape index (κ1) is 15.4. The van der Waals surface area contributed by atoms with Crippen LogP contribution in [0.15, 0.2) is 18.5 Å². The highest BCUT2D eigenvalue weighted by Gasteiger charge is 2.42. The fourth-order valence-electron chi connectivity index (χ4n) is 3.37. The molecule has 0 amide bonds. The molecule has 3 rings (SSSR count). The Balaban J connectivity index is 1.86. The molecule has 7 heteroatoms. The first-order valence-electron chi connectivity index (χ1n) is 7.23. The molecule has 1 aromatic heterocycles. The van der Waals surface area contributed by atoms with Crippen molar-refractivity contribution in [2.45, 2.75) is 31.1 Å². The largest absolute Gasteiger partial charge is 0.417 e. The van der Waals surface area contributed by atoms with Crippen LogP contribution in [0.2, 0.25) is 0 Å². The van der Waals surface area contributed by atoms with Crippen LogP contribution in [0.4, 0.5) is 13.2 Å². The van der Waals surface area contributed by atoms with Gasteiger partial charge in [0.2, 0.25) is 0 Å². The van der Waals surface area contributed by atoms with Crippen molar-refractivity contribution in [3.8, 4) is 0 Å². The van der Waals surface area contributed by atoms with E-state index in [2.05, 4.69) is 9.88 Å². The number of likely N-dealkylation sites (N-methyl/N-ethyl adjacent to an activating group) is 1.